The van der Waals surface area contributed by atoms with Crippen LogP contribution in [0, 0.1) is 5.82 Å². The van der Waals surface area contributed by atoms with E-state index in [1.54, 1.807) is 19.9 Å². The van der Waals surface area contributed by atoms with E-state index in [0.29, 0.717) is 21.8 Å². The van der Waals surface area contributed by atoms with Gasteiger partial charge in [-0.25, -0.2) is 4.39 Å². The average molecular weight is 313 g/mol. The number of amides is 1. The molecule has 0 bridgehead atoms. The number of hydrogen-bond acceptors (Lipinski definition) is 2. The molecule has 3 rings (SSSR count). The molecule has 0 saturated heterocycles. The van der Waals surface area contributed by atoms with Gasteiger partial charge in [0.1, 0.15) is 5.54 Å². The van der Waals surface area contributed by atoms with Crippen LogP contribution in [0.3, 0.4) is 0 Å². The summed E-state index contributed by atoms with van der Waals surface area (Å²) in [6, 6.07) is 1.78. The predicted octanol–water partition coefficient (Wildman–Crippen LogP) is 3.61. The topological polar surface area (TPSA) is 41.1 Å². The molecule has 0 aromatic heterocycles. The quantitative estimate of drug-likeness (QED) is 0.831. The summed E-state index contributed by atoms with van der Waals surface area (Å²) in [6.45, 7) is 3.48. The lowest BCUT2D eigenvalue weighted by Crippen LogP contribution is -2.48. The Morgan fingerprint density at radius 2 is 2.06 bits per heavy atom. The Morgan fingerprint density at radius 3 is 2.67 bits per heavy atom. The highest BCUT2D eigenvalue weighted by atomic mass is 79.9. The van der Waals surface area contributed by atoms with Crippen molar-refractivity contribution in [2.24, 2.45) is 0 Å². The molecule has 2 N–H and O–H groups in total. The largest absolute Gasteiger partial charge is 0.368 e. The Morgan fingerprint density at radius 1 is 1.39 bits per heavy atom. The minimum Gasteiger partial charge on any atom is -0.368 e. The van der Waals surface area contributed by atoms with Crippen LogP contribution in [0.15, 0.2) is 10.5 Å². The van der Waals surface area contributed by atoms with E-state index >= 15 is 0 Å². The van der Waals surface area contributed by atoms with Crippen LogP contribution in [0.25, 0.3) is 0 Å². The van der Waals surface area contributed by atoms with Gasteiger partial charge in [-0.3, -0.25) is 4.79 Å². The van der Waals surface area contributed by atoms with E-state index in [0.717, 1.165) is 18.4 Å². The fourth-order valence-corrected chi connectivity index (χ4v) is 2.70. The van der Waals surface area contributed by atoms with Crippen molar-refractivity contribution in [3.8, 4) is 0 Å². The van der Waals surface area contributed by atoms with Gasteiger partial charge in [0, 0.05) is 0 Å². The van der Waals surface area contributed by atoms with E-state index in [4.69, 9.17) is 0 Å². The first-order valence-electron chi connectivity index (χ1n) is 6.01. The molecule has 1 saturated carbocycles. The van der Waals surface area contributed by atoms with Crippen LogP contribution in [0.1, 0.15) is 38.2 Å². The molecule has 1 heterocycles. The second-order valence-corrected chi connectivity index (χ2v) is 6.34. The third-order valence-corrected chi connectivity index (χ3v) is 4.09. The Labute approximate surface area is 113 Å². The molecule has 0 spiro atoms. The summed E-state index contributed by atoms with van der Waals surface area (Å²) in [5, 5.41) is 5.85. The molecule has 1 aliphatic carbocycles. The average Bonchev–Trinajstić information content (AvgIpc) is 3.10. The molecule has 3 nitrogen and oxygen atoms in total. The van der Waals surface area contributed by atoms with Crippen LogP contribution in [-0.2, 0) is 4.79 Å². The second kappa shape index (κ2) is 3.70. The van der Waals surface area contributed by atoms with Gasteiger partial charge in [-0.2, -0.15) is 0 Å². The summed E-state index contributed by atoms with van der Waals surface area (Å²) in [5.74, 6) is -0.0277. The Hall–Kier alpha value is -1.10. The van der Waals surface area contributed by atoms with Gasteiger partial charge in [0.15, 0.2) is 5.82 Å². The SMILES string of the molecule is CC1(C)Nc2c(F)c(Br)cc(C3CC3)c2NC1=O. The van der Waals surface area contributed by atoms with Gasteiger partial charge in [-0.05, 0) is 60.2 Å². The molecular weight excluding hydrogens is 299 g/mol. The van der Waals surface area contributed by atoms with E-state index in [1.165, 1.54) is 0 Å². The molecule has 5 heteroatoms. The van der Waals surface area contributed by atoms with E-state index in [9.17, 15) is 9.18 Å². The number of benzene rings is 1. The van der Waals surface area contributed by atoms with Gasteiger partial charge in [-0.15, -0.1) is 0 Å². The molecule has 1 aromatic rings. The normalized spacial score (nSPS) is 21.0. The summed E-state index contributed by atoms with van der Waals surface area (Å²) in [4.78, 5) is 12.0. The third kappa shape index (κ3) is 1.72. The van der Waals surface area contributed by atoms with Crippen LogP contribution < -0.4 is 10.6 Å². The van der Waals surface area contributed by atoms with Crippen molar-refractivity contribution in [2.45, 2.75) is 38.1 Å². The molecule has 96 valence electrons. The Balaban J connectivity index is 2.19. The van der Waals surface area contributed by atoms with Crippen molar-refractivity contribution < 1.29 is 9.18 Å². The van der Waals surface area contributed by atoms with E-state index in [2.05, 4.69) is 26.6 Å². The van der Waals surface area contributed by atoms with Gasteiger partial charge in [0.25, 0.3) is 0 Å². The van der Waals surface area contributed by atoms with Crippen LogP contribution in [0.5, 0.6) is 0 Å². The lowest BCUT2D eigenvalue weighted by Gasteiger charge is -2.34. The van der Waals surface area contributed by atoms with Crippen molar-refractivity contribution in [3.63, 3.8) is 0 Å². The Bertz CT molecular complexity index is 552. The summed E-state index contributed by atoms with van der Waals surface area (Å²) in [6.07, 6.45) is 2.20. The molecule has 0 radical (unpaired) electrons. The fraction of sp³-hybridized carbons (Fsp3) is 0.462. The van der Waals surface area contributed by atoms with Gasteiger partial charge in [0.2, 0.25) is 5.91 Å². The second-order valence-electron chi connectivity index (χ2n) is 5.49. The number of carbonyl (C=O) groups is 1. The zero-order chi connectivity index (χ0) is 13.1. The van der Waals surface area contributed by atoms with E-state index in [1.807, 2.05) is 0 Å². The Kier molecular flexibility index (Phi) is 2.46. The maximum atomic E-state index is 14.2. The number of rotatable bonds is 1. The lowest BCUT2D eigenvalue weighted by molar-refractivity contribution is -0.119. The first-order chi connectivity index (χ1) is 8.40. The molecule has 1 fully saturated rings. The van der Waals surface area contributed by atoms with Gasteiger partial charge in [-0.1, -0.05) is 0 Å². The smallest absolute Gasteiger partial charge is 0.249 e. The van der Waals surface area contributed by atoms with Crippen molar-refractivity contribution >= 4 is 33.2 Å². The van der Waals surface area contributed by atoms with Gasteiger partial charge < -0.3 is 10.6 Å². The van der Waals surface area contributed by atoms with Crippen molar-refractivity contribution in [3.05, 3.63) is 21.9 Å². The van der Waals surface area contributed by atoms with E-state index < -0.39 is 5.54 Å². The van der Waals surface area contributed by atoms with Gasteiger partial charge >= 0.3 is 0 Å². The maximum absolute atomic E-state index is 14.2. The highest BCUT2D eigenvalue weighted by Crippen LogP contribution is 2.49. The summed E-state index contributed by atoms with van der Waals surface area (Å²) < 4.78 is 14.6. The molecule has 2 aliphatic rings. The molecule has 1 aromatic carbocycles. The molecule has 1 aliphatic heterocycles. The summed E-state index contributed by atoms with van der Waals surface area (Å²) >= 11 is 3.25. The van der Waals surface area contributed by atoms with Crippen molar-refractivity contribution in [1.82, 2.24) is 0 Å². The highest BCUT2D eigenvalue weighted by Gasteiger charge is 2.38. The first kappa shape index (κ1) is 12.0. The van der Waals surface area contributed by atoms with Crippen LogP contribution in [0.4, 0.5) is 15.8 Å². The number of anilines is 2. The van der Waals surface area contributed by atoms with Crippen molar-refractivity contribution in [1.29, 1.82) is 0 Å². The number of halogens is 2. The molecule has 0 unspecified atom stereocenters. The molecule has 18 heavy (non-hydrogen) atoms. The minimum atomic E-state index is -0.796. The monoisotopic (exact) mass is 312 g/mol. The maximum Gasteiger partial charge on any atom is 0.249 e. The number of fused-ring (bicyclic) bond motifs is 1. The predicted molar refractivity (Wildman–Crippen MR) is 72.4 cm³/mol. The van der Waals surface area contributed by atoms with Crippen LogP contribution in [-0.4, -0.2) is 11.4 Å². The minimum absolute atomic E-state index is 0.126. The molecule has 1 amide bonds. The first-order valence-corrected chi connectivity index (χ1v) is 6.81. The van der Waals surface area contributed by atoms with Crippen LogP contribution in [0.2, 0.25) is 0 Å². The summed E-state index contributed by atoms with van der Waals surface area (Å²) in [7, 11) is 0. The molecular formula is C13H14BrFN2O. The zero-order valence-corrected chi connectivity index (χ0v) is 11.8. The van der Waals surface area contributed by atoms with Crippen LogP contribution >= 0.6 is 15.9 Å². The number of nitrogens with one attached hydrogen (secondary N) is 2. The van der Waals surface area contributed by atoms with E-state index in [-0.39, 0.29) is 11.7 Å². The number of hydrogen-bond donors (Lipinski definition) is 2. The number of carbonyl (C=O) groups excluding carboxylic acids is 1. The van der Waals surface area contributed by atoms with Crippen molar-refractivity contribution in [2.75, 3.05) is 10.6 Å². The fourth-order valence-electron chi connectivity index (χ4n) is 2.25. The lowest BCUT2D eigenvalue weighted by atomic mass is 9.96. The highest BCUT2D eigenvalue weighted by molar-refractivity contribution is 9.10. The standard InChI is InChI=1S/C13H14BrFN2O/c1-13(2)12(18)16-10-7(6-3-4-6)5-8(14)9(15)11(10)17-13/h5-6,17H,3-4H2,1-2H3,(H,16,18). The summed E-state index contributed by atoms with van der Waals surface area (Å²) in [5.41, 5.74) is 1.24. The zero-order valence-electron chi connectivity index (χ0n) is 10.2. The van der Waals surface area contributed by atoms with Gasteiger partial charge in [0.05, 0.1) is 15.8 Å². The third-order valence-electron chi connectivity index (χ3n) is 3.51. The molecule has 0 atom stereocenters.